The summed E-state index contributed by atoms with van der Waals surface area (Å²) in [5.41, 5.74) is 1.95. The number of hydrogen-bond donors (Lipinski definition) is 0. The third-order valence-corrected chi connectivity index (χ3v) is 3.00. The molecule has 1 saturated heterocycles. The maximum Gasteiger partial charge on any atom is 0.246 e. The van der Waals surface area contributed by atoms with E-state index < -0.39 is 0 Å². The van der Waals surface area contributed by atoms with Crippen LogP contribution in [0.4, 0.5) is 0 Å². The summed E-state index contributed by atoms with van der Waals surface area (Å²) in [6.45, 7) is 2.54. The number of carbonyl (C=O) groups is 1. The zero-order chi connectivity index (χ0) is 13.5. The Balaban J connectivity index is 1.94. The number of nitriles is 1. The third-order valence-electron chi connectivity index (χ3n) is 3.00. The van der Waals surface area contributed by atoms with Gasteiger partial charge in [-0.3, -0.25) is 4.79 Å². The molecule has 2 rings (SSSR count). The monoisotopic (exact) mass is 256 g/mol. The van der Waals surface area contributed by atoms with Gasteiger partial charge in [0.25, 0.3) is 0 Å². The number of amides is 1. The van der Waals surface area contributed by atoms with Crippen molar-refractivity contribution in [3.05, 3.63) is 41.5 Å². The van der Waals surface area contributed by atoms with Crippen molar-refractivity contribution in [2.24, 2.45) is 0 Å². The molecule has 0 bridgehead atoms. The Bertz CT molecular complexity index is 494. The molecule has 0 saturated carbocycles. The van der Waals surface area contributed by atoms with Gasteiger partial charge in [0.1, 0.15) is 0 Å². The van der Waals surface area contributed by atoms with Crippen molar-refractivity contribution in [1.82, 2.24) is 4.90 Å². The van der Waals surface area contributed by atoms with Gasteiger partial charge in [-0.25, -0.2) is 0 Å². The fraction of sp³-hybridized carbons (Fsp3) is 0.333. The first-order valence-electron chi connectivity index (χ1n) is 6.30. The number of hydrogen-bond acceptors (Lipinski definition) is 3. The minimum atomic E-state index is 0.0180. The lowest BCUT2D eigenvalue weighted by molar-refractivity contribution is -0.129. The normalized spacial score (nSPS) is 15.4. The molecule has 0 spiro atoms. The van der Waals surface area contributed by atoms with Crippen LogP contribution in [0.3, 0.4) is 0 Å². The van der Waals surface area contributed by atoms with E-state index in [1.54, 1.807) is 17.1 Å². The van der Waals surface area contributed by atoms with Gasteiger partial charge in [0, 0.05) is 19.2 Å². The number of rotatable bonds is 3. The van der Waals surface area contributed by atoms with E-state index in [1.807, 2.05) is 24.3 Å². The molecule has 1 aromatic rings. The van der Waals surface area contributed by atoms with E-state index in [0.29, 0.717) is 32.7 Å². The lowest BCUT2D eigenvalue weighted by atomic mass is 10.1. The van der Waals surface area contributed by atoms with Crippen LogP contribution < -0.4 is 0 Å². The van der Waals surface area contributed by atoms with Gasteiger partial charge in [0.2, 0.25) is 5.91 Å². The summed E-state index contributed by atoms with van der Waals surface area (Å²) in [6, 6.07) is 9.74. The Morgan fingerprint density at radius 3 is 2.63 bits per heavy atom. The average molecular weight is 256 g/mol. The highest BCUT2D eigenvalue weighted by atomic mass is 16.5. The van der Waals surface area contributed by atoms with Crippen LogP contribution in [0.2, 0.25) is 0 Å². The Kier molecular flexibility index (Phi) is 4.71. The molecule has 1 aliphatic rings. The third kappa shape index (κ3) is 3.94. The summed E-state index contributed by atoms with van der Waals surface area (Å²) >= 11 is 0. The molecule has 1 heterocycles. The van der Waals surface area contributed by atoms with Crippen LogP contribution in [0, 0.1) is 11.3 Å². The Morgan fingerprint density at radius 2 is 2.00 bits per heavy atom. The summed E-state index contributed by atoms with van der Waals surface area (Å²) < 4.78 is 5.20. The second kappa shape index (κ2) is 6.72. The van der Waals surface area contributed by atoms with Crippen LogP contribution in [0.1, 0.15) is 11.1 Å². The lowest BCUT2D eigenvalue weighted by Gasteiger charge is -2.25. The van der Waals surface area contributed by atoms with Crippen LogP contribution in [0.25, 0.3) is 6.08 Å². The molecule has 0 aromatic heterocycles. The van der Waals surface area contributed by atoms with Gasteiger partial charge in [-0.05, 0) is 17.2 Å². The van der Waals surface area contributed by atoms with E-state index in [-0.39, 0.29) is 5.91 Å². The summed E-state index contributed by atoms with van der Waals surface area (Å²) in [5.74, 6) is 0.0180. The van der Waals surface area contributed by atoms with E-state index in [0.717, 1.165) is 11.1 Å². The largest absolute Gasteiger partial charge is 0.378 e. The first-order valence-corrected chi connectivity index (χ1v) is 6.30. The van der Waals surface area contributed by atoms with Crippen LogP contribution in [-0.4, -0.2) is 37.1 Å². The molecule has 1 aliphatic heterocycles. The highest BCUT2D eigenvalue weighted by Crippen LogP contribution is 2.07. The maximum absolute atomic E-state index is 11.9. The van der Waals surface area contributed by atoms with Gasteiger partial charge < -0.3 is 9.64 Å². The molecule has 0 atom stereocenters. The van der Waals surface area contributed by atoms with Crippen molar-refractivity contribution >= 4 is 12.0 Å². The van der Waals surface area contributed by atoms with Gasteiger partial charge in [0.05, 0.1) is 25.7 Å². The number of nitrogens with zero attached hydrogens (tertiary/aromatic N) is 2. The van der Waals surface area contributed by atoms with E-state index in [2.05, 4.69) is 6.07 Å². The molecular weight excluding hydrogens is 240 g/mol. The smallest absolute Gasteiger partial charge is 0.246 e. The highest BCUT2D eigenvalue weighted by Gasteiger charge is 2.13. The summed E-state index contributed by atoms with van der Waals surface area (Å²) in [6.07, 6.45) is 3.80. The predicted octanol–water partition coefficient (Wildman–Crippen LogP) is 1.62. The number of benzene rings is 1. The summed E-state index contributed by atoms with van der Waals surface area (Å²) in [4.78, 5) is 13.7. The molecule has 98 valence electrons. The minimum Gasteiger partial charge on any atom is -0.378 e. The van der Waals surface area contributed by atoms with Gasteiger partial charge >= 0.3 is 0 Å². The molecule has 4 heteroatoms. The number of morpholine rings is 1. The second-order valence-electron chi connectivity index (χ2n) is 4.35. The van der Waals surface area contributed by atoms with E-state index in [9.17, 15) is 4.79 Å². The van der Waals surface area contributed by atoms with Gasteiger partial charge in [-0.1, -0.05) is 24.3 Å². The molecule has 0 unspecified atom stereocenters. The fourth-order valence-corrected chi connectivity index (χ4v) is 1.89. The molecular formula is C15H16N2O2. The number of ether oxygens (including phenoxy) is 1. The second-order valence-corrected chi connectivity index (χ2v) is 4.35. The topological polar surface area (TPSA) is 53.3 Å². The molecule has 4 nitrogen and oxygen atoms in total. The molecule has 19 heavy (non-hydrogen) atoms. The van der Waals surface area contributed by atoms with E-state index in [1.165, 1.54) is 0 Å². The van der Waals surface area contributed by atoms with Gasteiger partial charge in [-0.2, -0.15) is 5.26 Å². The van der Waals surface area contributed by atoms with E-state index in [4.69, 9.17) is 10.00 Å². The Morgan fingerprint density at radius 1 is 1.32 bits per heavy atom. The SMILES string of the molecule is N#CCc1ccc(C=CC(=O)N2CCOCC2)cc1. The molecule has 1 amide bonds. The van der Waals surface area contributed by atoms with Crippen LogP contribution >= 0.6 is 0 Å². The van der Waals surface area contributed by atoms with E-state index >= 15 is 0 Å². The first-order chi connectivity index (χ1) is 9.29. The zero-order valence-electron chi connectivity index (χ0n) is 10.7. The van der Waals surface area contributed by atoms with Gasteiger partial charge in [-0.15, -0.1) is 0 Å². The minimum absolute atomic E-state index is 0.0180. The molecule has 0 N–H and O–H groups in total. The van der Waals surface area contributed by atoms with Crippen molar-refractivity contribution in [2.45, 2.75) is 6.42 Å². The Labute approximate surface area is 112 Å². The van der Waals surface area contributed by atoms with Crippen molar-refractivity contribution in [3.8, 4) is 6.07 Å². The fourth-order valence-electron chi connectivity index (χ4n) is 1.89. The van der Waals surface area contributed by atoms with Gasteiger partial charge in [0.15, 0.2) is 0 Å². The van der Waals surface area contributed by atoms with Crippen LogP contribution in [0.5, 0.6) is 0 Å². The summed E-state index contributed by atoms with van der Waals surface area (Å²) in [5, 5.41) is 8.59. The van der Waals surface area contributed by atoms with Crippen LogP contribution in [0.15, 0.2) is 30.3 Å². The Hall–Kier alpha value is -2.12. The zero-order valence-corrected chi connectivity index (χ0v) is 10.7. The highest BCUT2D eigenvalue weighted by molar-refractivity contribution is 5.91. The standard InChI is InChI=1S/C15H16N2O2/c16-8-7-14-3-1-13(2-4-14)5-6-15(18)17-9-11-19-12-10-17/h1-6H,7,9-12H2. The summed E-state index contributed by atoms with van der Waals surface area (Å²) in [7, 11) is 0. The van der Waals surface area contributed by atoms with Crippen molar-refractivity contribution in [1.29, 1.82) is 5.26 Å². The lowest BCUT2D eigenvalue weighted by Crippen LogP contribution is -2.39. The number of carbonyl (C=O) groups excluding carboxylic acids is 1. The molecule has 0 radical (unpaired) electrons. The molecule has 1 fully saturated rings. The van der Waals surface area contributed by atoms with Crippen molar-refractivity contribution in [3.63, 3.8) is 0 Å². The first kappa shape index (κ1) is 13.3. The average Bonchev–Trinajstić information content (AvgIpc) is 2.47. The van der Waals surface area contributed by atoms with Crippen molar-refractivity contribution < 1.29 is 9.53 Å². The molecule has 1 aromatic carbocycles. The van der Waals surface area contributed by atoms with Crippen LogP contribution in [-0.2, 0) is 16.0 Å². The quantitative estimate of drug-likeness (QED) is 0.772. The predicted molar refractivity (Wildman–Crippen MR) is 72.2 cm³/mol. The maximum atomic E-state index is 11.9. The van der Waals surface area contributed by atoms with Crippen molar-refractivity contribution in [2.75, 3.05) is 26.3 Å². The molecule has 0 aliphatic carbocycles.